The Bertz CT molecular complexity index is 1520. The van der Waals surface area contributed by atoms with Gasteiger partial charge in [0.05, 0.1) is 36.7 Å². The van der Waals surface area contributed by atoms with Gasteiger partial charge in [-0.25, -0.2) is 10.1 Å². The number of ether oxygens (including phenoxy) is 1. The fraction of sp³-hybridized carbons (Fsp3) is 0.321. The lowest BCUT2D eigenvalue weighted by Gasteiger charge is -2.34. The molecule has 0 spiro atoms. The third kappa shape index (κ3) is 6.07. The molecule has 2 aromatic heterocycles. The van der Waals surface area contributed by atoms with E-state index in [0.717, 1.165) is 23.1 Å². The van der Waals surface area contributed by atoms with E-state index in [4.69, 9.17) is 10.00 Å². The molecule has 0 bridgehead atoms. The number of pyridine rings is 1. The summed E-state index contributed by atoms with van der Waals surface area (Å²) in [5.41, 5.74) is -0.802. The Morgan fingerprint density at radius 3 is 2.63 bits per heavy atom. The Morgan fingerprint density at radius 2 is 1.93 bits per heavy atom. The Kier molecular flexibility index (Phi) is 8.02. The van der Waals surface area contributed by atoms with Crippen molar-refractivity contribution in [2.24, 2.45) is 0 Å². The number of alkyl halides is 3. The number of nitrogens with one attached hydrogen (secondary N) is 1. The van der Waals surface area contributed by atoms with Crippen molar-refractivity contribution < 1.29 is 22.7 Å². The summed E-state index contributed by atoms with van der Waals surface area (Å²) in [7, 11) is 0. The molecule has 2 aliphatic heterocycles. The van der Waals surface area contributed by atoms with Gasteiger partial charge in [-0.3, -0.25) is 9.59 Å². The van der Waals surface area contributed by atoms with Crippen molar-refractivity contribution in [3.63, 3.8) is 0 Å². The van der Waals surface area contributed by atoms with Crippen LogP contribution in [0.2, 0.25) is 0 Å². The highest BCUT2D eigenvalue weighted by atomic mass is 19.4. The van der Waals surface area contributed by atoms with Crippen molar-refractivity contribution in [1.29, 1.82) is 5.26 Å². The van der Waals surface area contributed by atoms with E-state index in [-0.39, 0.29) is 31.4 Å². The monoisotopic (exact) mass is 565 g/mol. The molecule has 4 heterocycles. The van der Waals surface area contributed by atoms with Crippen LogP contribution in [0.3, 0.4) is 0 Å². The van der Waals surface area contributed by atoms with Crippen LogP contribution in [0.4, 0.5) is 24.7 Å². The average Bonchev–Trinajstić information content (AvgIpc) is 3.34. The number of aromatic nitrogens is 3. The minimum atomic E-state index is -4.86. The van der Waals surface area contributed by atoms with Gasteiger partial charge in [0.25, 0.3) is 5.56 Å². The highest BCUT2D eigenvalue weighted by Crippen LogP contribution is 2.42. The maximum absolute atomic E-state index is 13.8. The number of hydrogen-bond donors (Lipinski definition) is 1. The van der Waals surface area contributed by atoms with Crippen molar-refractivity contribution >= 4 is 17.4 Å². The van der Waals surface area contributed by atoms with Gasteiger partial charge in [-0.2, -0.15) is 23.5 Å². The van der Waals surface area contributed by atoms with E-state index in [1.54, 1.807) is 35.2 Å². The summed E-state index contributed by atoms with van der Waals surface area (Å²) in [6, 6.07) is 12.2. The first-order chi connectivity index (χ1) is 19.8. The van der Waals surface area contributed by atoms with E-state index in [2.05, 4.69) is 10.1 Å². The third-order valence-corrected chi connectivity index (χ3v) is 7.10. The van der Waals surface area contributed by atoms with E-state index in [1.165, 1.54) is 17.2 Å². The van der Waals surface area contributed by atoms with E-state index >= 15 is 0 Å². The van der Waals surface area contributed by atoms with Crippen LogP contribution in [0, 0.1) is 11.3 Å². The number of anilines is 2. The Hall–Kier alpha value is -4.70. The van der Waals surface area contributed by atoms with Gasteiger partial charge < -0.3 is 19.4 Å². The van der Waals surface area contributed by atoms with Crippen molar-refractivity contribution in [3.8, 4) is 6.07 Å². The molecule has 0 saturated carbocycles. The van der Waals surface area contributed by atoms with E-state index < -0.39 is 23.3 Å². The largest absolute Gasteiger partial charge is 0.423 e. The van der Waals surface area contributed by atoms with Gasteiger partial charge in [-0.15, -0.1) is 0 Å². The Balaban J connectivity index is 1.18. The molecule has 1 saturated heterocycles. The highest BCUT2D eigenvalue weighted by molar-refractivity contribution is 5.87. The number of piperazine rings is 1. The summed E-state index contributed by atoms with van der Waals surface area (Å²) in [5.74, 6) is 0.582. The molecule has 1 N–H and O–H groups in total. The molecule has 10 nitrogen and oxygen atoms in total. The lowest BCUT2D eigenvalue weighted by atomic mass is 10.1. The van der Waals surface area contributed by atoms with Crippen LogP contribution in [-0.2, 0) is 22.3 Å². The van der Waals surface area contributed by atoms with Crippen LogP contribution in [0.25, 0.3) is 0 Å². The third-order valence-electron chi connectivity index (χ3n) is 7.10. The first-order valence-electron chi connectivity index (χ1n) is 12.9. The lowest BCUT2D eigenvalue weighted by molar-refractivity contribution is -0.138. The summed E-state index contributed by atoms with van der Waals surface area (Å²) in [6.45, 7) is 2.49. The molecule has 1 atom stereocenters. The van der Waals surface area contributed by atoms with Gasteiger partial charge in [-0.1, -0.05) is 30.3 Å². The molecule has 1 unspecified atom stereocenters. The SMILES string of the molecule is N#Cc1ccc(N2CCN(C(=O)/C=C/COCC3c4ccccc4CN3c3cn[nH]c(=O)c3C(F)(F)F)CC2)nc1. The summed E-state index contributed by atoms with van der Waals surface area (Å²) < 4.78 is 47.1. The number of amides is 1. The first-order valence-corrected chi connectivity index (χ1v) is 12.9. The molecule has 1 aromatic carbocycles. The number of rotatable bonds is 7. The minimum absolute atomic E-state index is 0.0376. The van der Waals surface area contributed by atoms with E-state index in [0.29, 0.717) is 31.7 Å². The van der Waals surface area contributed by atoms with Crippen molar-refractivity contribution in [2.45, 2.75) is 18.8 Å². The number of carbonyl (C=O) groups excluding carboxylic acids is 1. The molecular weight excluding hydrogens is 539 g/mol. The topological polar surface area (TPSA) is 118 Å². The number of H-pyrrole nitrogens is 1. The quantitative estimate of drug-likeness (QED) is 0.343. The van der Waals surface area contributed by atoms with Gasteiger partial charge in [0.2, 0.25) is 5.91 Å². The number of nitrogens with zero attached hydrogens (tertiary/aromatic N) is 6. The van der Waals surface area contributed by atoms with Crippen LogP contribution in [0.1, 0.15) is 28.3 Å². The van der Waals surface area contributed by atoms with Crippen LogP contribution >= 0.6 is 0 Å². The molecule has 2 aliphatic rings. The zero-order valence-electron chi connectivity index (χ0n) is 21.8. The molecule has 3 aromatic rings. The maximum Gasteiger partial charge on any atom is 0.423 e. The van der Waals surface area contributed by atoms with Crippen LogP contribution in [0.15, 0.2) is 65.7 Å². The van der Waals surface area contributed by atoms with Crippen molar-refractivity contribution in [3.05, 3.63) is 93.6 Å². The second-order valence-corrected chi connectivity index (χ2v) is 9.57. The number of hydrogen-bond acceptors (Lipinski definition) is 8. The summed E-state index contributed by atoms with van der Waals surface area (Å²) in [6.07, 6.45) is 0.680. The predicted octanol–water partition coefficient (Wildman–Crippen LogP) is 3.04. The first kappa shape index (κ1) is 27.9. The molecule has 212 valence electrons. The van der Waals surface area contributed by atoms with Crippen LogP contribution in [0.5, 0.6) is 0 Å². The summed E-state index contributed by atoms with van der Waals surface area (Å²) in [5, 5.41) is 14.4. The normalized spacial score (nSPS) is 17.1. The molecule has 41 heavy (non-hydrogen) atoms. The second kappa shape index (κ2) is 11.8. The smallest absolute Gasteiger partial charge is 0.375 e. The molecule has 0 aliphatic carbocycles. The number of fused-ring (bicyclic) bond motifs is 1. The van der Waals surface area contributed by atoms with Crippen molar-refractivity contribution in [1.82, 2.24) is 20.1 Å². The zero-order valence-corrected chi connectivity index (χ0v) is 21.8. The van der Waals surface area contributed by atoms with Crippen LogP contribution < -0.4 is 15.4 Å². The second-order valence-electron chi connectivity index (χ2n) is 9.57. The molecule has 0 radical (unpaired) electrons. The van der Waals surface area contributed by atoms with Gasteiger partial charge in [0, 0.05) is 45.0 Å². The van der Waals surface area contributed by atoms with Gasteiger partial charge in [0.1, 0.15) is 17.5 Å². The number of nitriles is 1. The number of carbonyl (C=O) groups is 1. The fourth-order valence-electron chi connectivity index (χ4n) is 5.08. The summed E-state index contributed by atoms with van der Waals surface area (Å²) in [4.78, 5) is 34.3. The highest BCUT2D eigenvalue weighted by Gasteiger charge is 2.41. The fourth-order valence-corrected chi connectivity index (χ4v) is 5.08. The lowest BCUT2D eigenvalue weighted by Crippen LogP contribution is -2.48. The minimum Gasteiger partial charge on any atom is -0.375 e. The molecule has 13 heteroatoms. The van der Waals surface area contributed by atoms with Gasteiger partial charge in [0.15, 0.2) is 0 Å². The van der Waals surface area contributed by atoms with E-state index in [1.807, 2.05) is 28.2 Å². The van der Waals surface area contributed by atoms with E-state index in [9.17, 15) is 22.8 Å². The molecule has 1 amide bonds. The number of benzene rings is 1. The molecule has 1 fully saturated rings. The molecular formula is C28H26F3N7O3. The van der Waals surface area contributed by atoms with Crippen LogP contribution in [-0.4, -0.2) is 65.4 Å². The van der Waals surface area contributed by atoms with Gasteiger partial charge >= 0.3 is 6.18 Å². The van der Waals surface area contributed by atoms with Gasteiger partial charge in [-0.05, 0) is 23.3 Å². The number of aromatic amines is 1. The maximum atomic E-state index is 13.8. The van der Waals surface area contributed by atoms with Crippen molar-refractivity contribution in [2.75, 3.05) is 49.2 Å². The standard InChI is InChI=1S/C28H26F3N7O3/c29-28(30,31)26-22(16-34-35-27(26)40)38-17-20-4-1-2-5-21(20)23(38)18-41-13-3-6-25(39)37-11-9-36(10-12-37)24-8-7-19(14-32)15-33-24/h1-8,15-16,23H,9-13,17-18H2,(H,35,40)/b6-3+. The molecule has 5 rings (SSSR count). The Labute approximate surface area is 233 Å². The zero-order chi connectivity index (χ0) is 29.0. The summed E-state index contributed by atoms with van der Waals surface area (Å²) >= 11 is 0. The average molecular weight is 566 g/mol. The predicted molar refractivity (Wildman–Crippen MR) is 143 cm³/mol. The number of halogens is 3. The Morgan fingerprint density at radius 1 is 1.15 bits per heavy atom.